The second kappa shape index (κ2) is 7.79. The molecule has 0 heterocycles. The summed E-state index contributed by atoms with van der Waals surface area (Å²) in [6.07, 6.45) is 0. The number of rotatable bonds is 7. The van der Waals surface area contributed by atoms with E-state index in [1.807, 2.05) is 45.2 Å². The highest BCUT2D eigenvalue weighted by molar-refractivity contribution is 5.77. The van der Waals surface area contributed by atoms with Gasteiger partial charge in [-0.15, -0.1) is 0 Å². The Kier molecular flexibility index (Phi) is 6.36. The van der Waals surface area contributed by atoms with Gasteiger partial charge in [0.25, 0.3) is 5.91 Å². The molecule has 1 aromatic rings. The van der Waals surface area contributed by atoms with Crippen LogP contribution in [0.1, 0.15) is 32.4 Å². The molecule has 1 N–H and O–H groups in total. The van der Waals surface area contributed by atoms with Crippen molar-refractivity contribution in [3.05, 3.63) is 29.8 Å². The minimum Gasteiger partial charge on any atom is -0.483 e. The van der Waals surface area contributed by atoms with Gasteiger partial charge in [0.2, 0.25) is 0 Å². The Morgan fingerprint density at radius 3 is 2.53 bits per heavy atom. The van der Waals surface area contributed by atoms with E-state index in [-0.39, 0.29) is 18.6 Å². The number of amides is 1. The lowest BCUT2D eigenvalue weighted by molar-refractivity contribution is -0.132. The lowest BCUT2D eigenvalue weighted by atomic mass is 10.1. The number of ether oxygens (including phenoxy) is 1. The zero-order chi connectivity index (χ0) is 14.3. The first kappa shape index (κ1) is 15.5. The maximum atomic E-state index is 11.9. The van der Waals surface area contributed by atoms with Gasteiger partial charge in [-0.05, 0) is 33.9 Å². The molecule has 4 nitrogen and oxygen atoms in total. The van der Waals surface area contributed by atoms with Crippen molar-refractivity contribution in [2.45, 2.75) is 26.8 Å². The van der Waals surface area contributed by atoms with E-state index in [9.17, 15) is 4.79 Å². The van der Waals surface area contributed by atoms with Crippen LogP contribution in [0.5, 0.6) is 5.75 Å². The highest BCUT2D eigenvalue weighted by atomic mass is 16.5. The van der Waals surface area contributed by atoms with Crippen LogP contribution in [0, 0.1) is 0 Å². The van der Waals surface area contributed by atoms with Crippen LogP contribution in [0.25, 0.3) is 0 Å². The Hall–Kier alpha value is -1.55. The Morgan fingerprint density at radius 1 is 1.32 bits per heavy atom. The molecule has 0 radical (unpaired) electrons. The van der Waals surface area contributed by atoms with Gasteiger partial charge >= 0.3 is 0 Å². The number of carbonyl (C=O) groups is 1. The molecule has 0 aliphatic heterocycles. The van der Waals surface area contributed by atoms with Crippen LogP contribution in [0.15, 0.2) is 24.3 Å². The third-order valence-electron chi connectivity index (χ3n) is 3.29. The van der Waals surface area contributed by atoms with E-state index in [2.05, 4.69) is 12.2 Å². The van der Waals surface area contributed by atoms with Gasteiger partial charge < -0.3 is 15.0 Å². The monoisotopic (exact) mass is 264 g/mol. The molecule has 106 valence electrons. The molecule has 0 saturated carbocycles. The van der Waals surface area contributed by atoms with Gasteiger partial charge in [-0.1, -0.05) is 18.2 Å². The summed E-state index contributed by atoms with van der Waals surface area (Å²) in [5.74, 6) is 0.793. The molecule has 1 aromatic carbocycles. The average molecular weight is 264 g/mol. The number of nitrogens with one attached hydrogen (secondary N) is 1. The van der Waals surface area contributed by atoms with Crippen LogP contribution in [0.4, 0.5) is 0 Å². The average Bonchev–Trinajstić information content (AvgIpc) is 2.45. The van der Waals surface area contributed by atoms with Crippen molar-refractivity contribution in [3.63, 3.8) is 0 Å². The number of hydrogen-bond donors (Lipinski definition) is 1. The molecule has 19 heavy (non-hydrogen) atoms. The second-order valence-corrected chi connectivity index (χ2v) is 4.40. The smallest absolute Gasteiger partial charge is 0.260 e. The summed E-state index contributed by atoms with van der Waals surface area (Å²) < 4.78 is 5.68. The van der Waals surface area contributed by atoms with Gasteiger partial charge in [0, 0.05) is 24.7 Å². The zero-order valence-electron chi connectivity index (χ0n) is 12.3. The van der Waals surface area contributed by atoms with Crippen molar-refractivity contribution in [1.29, 1.82) is 0 Å². The number of carbonyl (C=O) groups excluding carboxylic acids is 1. The van der Waals surface area contributed by atoms with E-state index in [1.54, 1.807) is 4.90 Å². The van der Waals surface area contributed by atoms with Crippen LogP contribution < -0.4 is 10.1 Å². The topological polar surface area (TPSA) is 41.6 Å². The first-order chi connectivity index (χ1) is 9.13. The van der Waals surface area contributed by atoms with E-state index < -0.39 is 0 Å². The Balaban J connectivity index is 2.70. The zero-order valence-corrected chi connectivity index (χ0v) is 12.3. The summed E-state index contributed by atoms with van der Waals surface area (Å²) in [5, 5.41) is 3.18. The summed E-state index contributed by atoms with van der Waals surface area (Å²) in [6.45, 7) is 7.53. The summed E-state index contributed by atoms with van der Waals surface area (Å²) in [4.78, 5) is 13.7. The van der Waals surface area contributed by atoms with E-state index >= 15 is 0 Å². The number of benzene rings is 1. The van der Waals surface area contributed by atoms with Gasteiger partial charge in [-0.3, -0.25) is 4.79 Å². The fourth-order valence-corrected chi connectivity index (χ4v) is 1.93. The van der Waals surface area contributed by atoms with Gasteiger partial charge in [-0.25, -0.2) is 0 Å². The van der Waals surface area contributed by atoms with Crippen LogP contribution in [0.2, 0.25) is 0 Å². The molecule has 0 aliphatic carbocycles. The second-order valence-electron chi connectivity index (χ2n) is 4.40. The van der Waals surface area contributed by atoms with E-state index in [0.717, 1.165) is 11.3 Å². The molecule has 0 fully saturated rings. The minimum atomic E-state index is 0.0249. The van der Waals surface area contributed by atoms with Crippen molar-refractivity contribution in [2.75, 3.05) is 26.7 Å². The highest BCUT2D eigenvalue weighted by Crippen LogP contribution is 2.24. The normalized spacial score (nSPS) is 12.0. The molecular weight excluding hydrogens is 240 g/mol. The first-order valence-electron chi connectivity index (χ1n) is 6.80. The molecule has 4 heteroatoms. The number of nitrogens with zero attached hydrogens (tertiary/aromatic N) is 1. The van der Waals surface area contributed by atoms with Gasteiger partial charge in [-0.2, -0.15) is 0 Å². The molecule has 1 amide bonds. The fraction of sp³-hybridized carbons (Fsp3) is 0.533. The van der Waals surface area contributed by atoms with Crippen molar-refractivity contribution in [2.24, 2.45) is 0 Å². The quantitative estimate of drug-likeness (QED) is 0.821. The van der Waals surface area contributed by atoms with Crippen molar-refractivity contribution >= 4 is 5.91 Å². The number of likely N-dealkylation sites (N-methyl/N-ethyl adjacent to an activating group) is 1. The number of hydrogen-bond acceptors (Lipinski definition) is 3. The lowest BCUT2D eigenvalue weighted by Gasteiger charge is -2.20. The lowest BCUT2D eigenvalue weighted by Crippen LogP contribution is -2.34. The predicted octanol–water partition coefficient (Wildman–Crippen LogP) is 2.21. The van der Waals surface area contributed by atoms with Crippen LogP contribution >= 0.6 is 0 Å². The van der Waals surface area contributed by atoms with Crippen molar-refractivity contribution < 1.29 is 9.53 Å². The summed E-state index contributed by atoms with van der Waals surface area (Å²) in [6, 6.07) is 8.00. The van der Waals surface area contributed by atoms with Gasteiger partial charge in [0.15, 0.2) is 6.61 Å². The standard InChI is InChI=1S/C15H24N2O2/c1-5-17(6-2)15(18)11-19-14-10-8-7-9-13(14)12(3)16-4/h7-10,12,16H,5-6,11H2,1-4H3. The van der Waals surface area contributed by atoms with Gasteiger partial charge in [0.1, 0.15) is 5.75 Å². The fourth-order valence-electron chi connectivity index (χ4n) is 1.93. The molecule has 0 aromatic heterocycles. The van der Waals surface area contributed by atoms with E-state index in [0.29, 0.717) is 13.1 Å². The molecule has 1 unspecified atom stereocenters. The molecule has 0 aliphatic rings. The van der Waals surface area contributed by atoms with Crippen LogP contribution in [-0.4, -0.2) is 37.6 Å². The number of para-hydroxylation sites is 1. The van der Waals surface area contributed by atoms with Crippen LogP contribution in [-0.2, 0) is 4.79 Å². The summed E-state index contributed by atoms with van der Waals surface area (Å²) >= 11 is 0. The molecule has 1 atom stereocenters. The molecule has 1 rings (SSSR count). The maximum Gasteiger partial charge on any atom is 0.260 e. The molecule has 0 spiro atoms. The van der Waals surface area contributed by atoms with Crippen LogP contribution in [0.3, 0.4) is 0 Å². The Morgan fingerprint density at radius 2 is 1.95 bits per heavy atom. The SMILES string of the molecule is CCN(CC)C(=O)COc1ccccc1C(C)NC. The highest BCUT2D eigenvalue weighted by Gasteiger charge is 2.13. The minimum absolute atomic E-state index is 0.0249. The molecule has 0 saturated heterocycles. The first-order valence-corrected chi connectivity index (χ1v) is 6.80. The van der Waals surface area contributed by atoms with E-state index in [4.69, 9.17) is 4.74 Å². The van der Waals surface area contributed by atoms with Crippen molar-refractivity contribution in [1.82, 2.24) is 10.2 Å². The summed E-state index contributed by atoms with van der Waals surface area (Å²) in [7, 11) is 1.91. The predicted molar refractivity (Wildman–Crippen MR) is 77.3 cm³/mol. The Labute approximate surface area is 115 Å². The summed E-state index contributed by atoms with van der Waals surface area (Å²) in [5.41, 5.74) is 1.07. The van der Waals surface area contributed by atoms with Crippen molar-refractivity contribution in [3.8, 4) is 5.75 Å². The maximum absolute atomic E-state index is 11.9. The largest absolute Gasteiger partial charge is 0.483 e. The molecular formula is C15H24N2O2. The van der Waals surface area contributed by atoms with E-state index in [1.165, 1.54) is 0 Å². The Bertz CT molecular complexity index is 403. The molecule has 0 bridgehead atoms. The third kappa shape index (κ3) is 4.24. The van der Waals surface area contributed by atoms with Gasteiger partial charge in [0.05, 0.1) is 0 Å². The third-order valence-corrected chi connectivity index (χ3v) is 3.29.